The van der Waals surface area contributed by atoms with Crippen LogP contribution in [-0.4, -0.2) is 69.4 Å². The number of carbonyl (C=O) groups excluding carboxylic acids is 2. The van der Waals surface area contributed by atoms with Gasteiger partial charge in [0.15, 0.2) is 6.61 Å². The third kappa shape index (κ3) is 4.34. The number of amides is 1. The van der Waals surface area contributed by atoms with Crippen LogP contribution in [0.3, 0.4) is 0 Å². The number of sulfonamides is 1. The summed E-state index contributed by atoms with van der Waals surface area (Å²) in [5, 5.41) is 0. The lowest BCUT2D eigenvalue weighted by molar-refractivity contribution is -0.135. The molecule has 10 heteroatoms. The molecular weight excluding hydrogens is 388 g/mol. The highest BCUT2D eigenvalue weighted by molar-refractivity contribution is 7.89. The number of nitrogens with zero attached hydrogens (tertiary/aromatic N) is 2. The molecule has 0 saturated carbocycles. The van der Waals surface area contributed by atoms with E-state index in [9.17, 15) is 18.0 Å². The number of piperazine rings is 1. The quantitative estimate of drug-likeness (QED) is 0.656. The van der Waals surface area contributed by atoms with Crippen LogP contribution in [0.1, 0.15) is 10.6 Å². The van der Waals surface area contributed by atoms with E-state index in [1.807, 2.05) is 0 Å². The van der Waals surface area contributed by atoms with Crippen LogP contribution in [0, 0.1) is 0 Å². The first-order valence-corrected chi connectivity index (χ1v) is 9.98. The molecule has 1 aliphatic heterocycles. The summed E-state index contributed by atoms with van der Waals surface area (Å²) >= 11 is 0. The fourth-order valence-electron chi connectivity index (χ4n) is 2.76. The molecule has 0 atom stereocenters. The first-order chi connectivity index (χ1) is 13.4. The van der Waals surface area contributed by atoms with E-state index < -0.39 is 22.6 Å². The maximum atomic E-state index is 12.7. The molecule has 0 radical (unpaired) electrons. The van der Waals surface area contributed by atoms with Gasteiger partial charge in [0.1, 0.15) is 5.75 Å². The van der Waals surface area contributed by atoms with Crippen molar-refractivity contribution in [3.05, 3.63) is 48.4 Å². The van der Waals surface area contributed by atoms with Crippen LogP contribution in [0.4, 0.5) is 0 Å². The van der Waals surface area contributed by atoms with E-state index in [0.29, 0.717) is 5.75 Å². The first kappa shape index (κ1) is 19.9. The highest BCUT2D eigenvalue weighted by Gasteiger charge is 2.30. The van der Waals surface area contributed by atoms with Crippen LogP contribution in [0.15, 0.2) is 52.0 Å². The number of hydrogen-bond donors (Lipinski definition) is 0. The molecule has 28 heavy (non-hydrogen) atoms. The van der Waals surface area contributed by atoms with Gasteiger partial charge in [-0.15, -0.1) is 0 Å². The predicted molar refractivity (Wildman–Crippen MR) is 97.3 cm³/mol. The second kappa shape index (κ2) is 8.44. The first-order valence-electron chi connectivity index (χ1n) is 8.54. The van der Waals surface area contributed by atoms with E-state index in [-0.39, 0.29) is 42.7 Å². The summed E-state index contributed by atoms with van der Waals surface area (Å²) in [5.74, 6) is -0.526. The summed E-state index contributed by atoms with van der Waals surface area (Å²) in [6, 6.07) is 9.12. The Morgan fingerprint density at radius 3 is 2.32 bits per heavy atom. The summed E-state index contributed by atoms with van der Waals surface area (Å²) in [5.41, 5.74) is 0. The normalized spacial score (nSPS) is 15.2. The Bertz CT molecular complexity index is 915. The van der Waals surface area contributed by atoms with Gasteiger partial charge in [-0.25, -0.2) is 13.2 Å². The Morgan fingerprint density at radius 2 is 1.75 bits per heavy atom. The maximum Gasteiger partial charge on any atom is 0.374 e. The Kier molecular flexibility index (Phi) is 6.00. The molecule has 1 saturated heterocycles. The highest BCUT2D eigenvalue weighted by atomic mass is 32.2. The number of methoxy groups -OCH3 is 1. The molecule has 9 nitrogen and oxygen atoms in total. The van der Waals surface area contributed by atoms with Crippen molar-refractivity contribution in [1.29, 1.82) is 0 Å². The van der Waals surface area contributed by atoms with Crippen LogP contribution in [-0.2, 0) is 19.6 Å². The molecule has 1 aromatic carbocycles. The smallest absolute Gasteiger partial charge is 0.374 e. The fourth-order valence-corrected chi connectivity index (χ4v) is 4.18. The van der Waals surface area contributed by atoms with E-state index in [1.165, 1.54) is 40.8 Å². The molecule has 1 aliphatic rings. The topological polar surface area (TPSA) is 106 Å². The van der Waals surface area contributed by atoms with Crippen LogP contribution in [0.5, 0.6) is 5.75 Å². The molecule has 1 fully saturated rings. The number of hydrogen-bond acceptors (Lipinski definition) is 7. The number of rotatable bonds is 6. The lowest BCUT2D eigenvalue weighted by Gasteiger charge is -2.33. The molecule has 2 heterocycles. The summed E-state index contributed by atoms with van der Waals surface area (Å²) in [4.78, 5) is 25.5. The Morgan fingerprint density at radius 1 is 1.07 bits per heavy atom. The summed E-state index contributed by atoms with van der Waals surface area (Å²) < 4.78 is 41.6. The molecular formula is C18H20N2O7S. The molecule has 0 spiro atoms. The van der Waals surface area contributed by atoms with Crippen molar-refractivity contribution in [1.82, 2.24) is 9.21 Å². The van der Waals surface area contributed by atoms with E-state index in [0.717, 1.165) is 0 Å². The molecule has 0 unspecified atom stereocenters. The van der Waals surface area contributed by atoms with Gasteiger partial charge in [-0.2, -0.15) is 4.31 Å². The third-order valence-electron chi connectivity index (χ3n) is 4.34. The Hall–Kier alpha value is -2.85. The molecule has 1 aromatic heterocycles. The summed E-state index contributed by atoms with van der Waals surface area (Å²) in [6.07, 6.45) is 1.33. The summed E-state index contributed by atoms with van der Waals surface area (Å²) in [7, 11) is -2.14. The van der Waals surface area contributed by atoms with E-state index in [2.05, 4.69) is 0 Å². The van der Waals surface area contributed by atoms with Crippen LogP contribution < -0.4 is 4.74 Å². The van der Waals surface area contributed by atoms with Crippen molar-refractivity contribution in [2.45, 2.75) is 4.90 Å². The zero-order valence-electron chi connectivity index (χ0n) is 15.2. The van der Waals surface area contributed by atoms with Crippen molar-refractivity contribution in [3.8, 4) is 5.75 Å². The molecule has 150 valence electrons. The lowest BCUT2D eigenvalue weighted by Crippen LogP contribution is -2.51. The second-order valence-electron chi connectivity index (χ2n) is 6.01. The maximum absolute atomic E-state index is 12.7. The van der Waals surface area contributed by atoms with Crippen LogP contribution in [0.25, 0.3) is 0 Å². The van der Waals surface area contributed by atoms with Crippen LogP contribution >= 0.6 is 0 Å². The minimum absolute atomic E-state index is 0.0169. The fraction of sp³-hybridized carbons (Fsp3) is 0.333. The number of furan rings is 1. The largest absolute Gasteiger partial charge is 0.497 e. The number of benzene rings is 1. The minimum atomic E-state index is -3.65. The van der Waals surface area contributed by atoms with Gasteiger partial charge >= 0.3 is 5.97 Å². The van der Waals surface area contributed by atoms with Gasteiger partial charge in [0.2, 0.25) is 15.8 Å². The van der Waals surface area contributed by atoms with Crippen molar-refractivity contribution >= 4 is 21.9 Å². The highest BCUT2D eigenvalue weighted by Crippen LogP contribution is 2.20. The van der Waals surface area contributed by atoms with Crippen molar-refractivity contribution < 1.29 is 31.9 Å². The molecule has 2 aromatic rings. The van der Waals surface area contributed by atoms with Gasteiger partial charge in [-0.3, -0.25) is 4.79 Å². The monoisotopic (exact) mass is 408 g/mol. The predicted octanol–water partition coefficient (Wildman–Crippen LogP) is 0.978. The zero-order chi connectivity index (χ0) is 20.1. The standard InChI is InChI=1S/C18H20N2O7S/c1-25-14-4-6-15(7-5-14)28(23,24)20-10-8-19(9-11-20)17(21)13-27-18(22)16-3-2-12-26-16/h2-7,12H,8-11,13H2,1H3. The van der Waals surface area contributed by atoms with Crippen molar-refractivity contribution in [3.63, 3.8) is 0 Å². The SMILES string of the molecule is COc1ccc(S(=O)(=O)N2CCN(C(=O)COC(=O)c3ccco3)CC2)cc1. The number of carbonyl (C=O) groups is 2. The van der Waals surface area contributed by atoms with Gasteiger partial charge < -0.3 is 18.8 Å². The van der Waals surface area contributed by atoms with Crippen LogP contribution in [0.2, 0.25) is 0 Å². The van der Waals surface area contributed by atoms with Crippen molar-refractivity contribution in [2.75, 3.05) is 39.9 Å². The Labute approximate surface area is 162 Å². The Balaban J connectivity index is 1.53. The second-order valence-corrected chi connectivity index (χ2v) is 7.95. The average molecular weight is 408 g/mol. The van der Waals surface area contributed by atoms with Gasteiger partial charge in [0.05, 0.1) is 18.3 Å². The van der Waals surface area contributed by atoms with E-state index >= 15 is 0 Å². The van der Waals surface area contributed by atoms with Crippen molar-refractivity contribution in [2.24, 2.45) is 0 Å². The van der Waals surface area contributed by atoms with Gasteiger partial charge in [0.25, 0.3) is 5.91 Å². The van der Waals surface area contributed by atoms with E-state index in [4.69, 9.17) is 13.9 Å². The van der Waals surface area contributed by atoms with Gasteiger partial charge in [-0.1, -0.05) is 0 Å². The molecule has 0 aliphatic carbocycles. The number of esters is 1. The molecule has 0 N–H and O–H groups in total. The zero-order valence-corrected chi connectivity index (χ0v) is 16.1. The minimum Gasteiger partial charge on any atom is -0.497 e. The summed E-state index contributed by atoms with van der Waals surface area (Å²) in [6.45, 7) is 0.322. The average Bonchev–Trinajstić information content (AvgIpc) is 3.27. The molecule has 3 rings (SSSR count). The van der Waals surface area contributed by atoms with Gasteiger partial charge in [-0.05, 0) is 36.4 Å². The molecule has 1 amide bonds. The lowest BCUT2D eigenvalue weighted by atomic mass is 10.3. The third-order valence-corrected chi connectivity index (χ3v) is 6.25. The number of ether oxygens (including phenoxy) is 2. The molecule has 0 bridgehead atoms. The van der Waals surface area contributed by atoms with E-state index in [1.54, 1.807) is 18.2 Å². The van der Waals surface area contributed by atoms with Gasteiger partial charge in [0, 0.05) is 26.2 Å².